The van der Waals surface area contributed by atoms with E-state index in [0.29, 0.717) is 5.56 Å². The van der Waals surface area contributed by atoms with Gasteiger partial charge < -0.3 is 15.5 Å². The van der Waals surface area contributed by atoms with Gasteiger partial charge in [0, 0.05) is 18.7 Å². The van der Waals surface area contributed by atoms with Crippen molar-refractivity contribution in [1.29, 1.82) is 0 Å². The lowest BCUT2D eigenvalue weighted by atomic mass is 10.0. The molecule has 0 aliphatic rings. The molecule has 138 valence electrons. The second kappa shape index (κ2) is 9.20. The van der Waals surface area contributed by atoms with Crippen molar-refractivity contribution < 1.29 is 14.4 Å². The van der Waals surface area contributed by atoms with Crippen molar-refractivity contribution >= 4 is 17.7 Å². The number of nitrogens with one attached hydrogen (secondary N) is 2. The van der Waals surface area contributed by atoms with Crippen molar-refractivity contribution in [2.45, 2.75) is 46.7 Å². The minimum atomic E-state index is -0.691. The van der Waals surface area contributed by atoms with Crippen LogP contribution in [0.4, 0.5) is 0 Å². The summed E-state index contributed by atoms with van der Waals surface area (Å²) in [6, 6.07) is 6.55. The van der Waals surface area contributed by atoms with E-state index < -0.39 is 6.04 Å². The van der Waals surface area contributed by atoms with Crippen molar-refractivity contribution in [2.24, 2.45) is 5.92 Å². The van der Waals surface area contributed by atoms with Crippen molar-refractivity contribution in [3.05, 3.63) is 35.4 Å². The van der Waals surface area contributed by atoms with Gasteiger partial charge in [-0.15, -0.1) is 0 Å². The number of nitrogens with zero attached hydrogens (tertiary/aromatic N) is 1. The fraction of sp³-hybridized carbons (Fsp3) is 0.526. The summed E-state index contributed by atoms with van der Waals surface area (Å²) >= 11 is 0. The molecule has 0 saturated heterocycles. The summed E-state index contributed by atoms with van der Waals surface area (Å²) in [5.41, 5.74) is 1.39. The number of benzene rings is 1. The van der Waals surface area contributed by atoms with Gasteiger partial charge in [-0.3, -0.25) is 14.4 Å². The highest BCUT2D eigenvalue weighted by molar-refractivity contribution is 5.99. The number of rotatable bonds is 7. The van der Waals surface area contributed by atoms with E-state index in [9.17, 15) is 14.4 Å². The van der Waals surface area contributed by atoms with Crippen LogP contribution in [0, 0.1) is 12.8 Å². The van der Waals surface area contributed by atoms with E-state index in [-0.39, 0.29) is 36.2 Å². The maximum absolute atomic E-state index is 12.7. The van der Waals surface area contributed by atoms with Crippen molar-refractivity contribution in [1.82, 2.24) is 15.5 Å². The molecule has 1 rings (SSSR count). The van der Waals surface area contributed by atoms with E-state index >= 15 is 0 Å². The van der Waals surface area contributed by atoms with Crippen LogP contribution in [0.25, 0.3) is 0 Å². The zero-order valence-electron chi connectivity index (χ0n) is 15.9. The Morgan fingerprint density at radius 2 is 1.64 bits per heavy atom. The maximum Gasteiger partial charge on any atom is 0.252 e. The third-order valence-electron chi connectivity index (χ3n) is 3.82. The molecule has 0 aromatic heterocycles. The highest BCUT2D eigenvalue weighted by Crippen LogP contribution is 2.10. The molecule has 6 heteroatoms. The number of hydrogen-bond acceptors (Lipinski definition) is 3. The summed E-state index contributed by atoms with van der Waals surface area (Å²) in [5.74, 6) is -0.893. The van der Waals surface area contributed by atoms with Gasteiger partial charge in [0.05, 0.1) is 6.54 Å². The predicted octanol–water partition coefficient (Wildman–Crippen LogP) is 1.73. The average molecular weight is 347 g/mol. The van der Waals surface area contributed by atoms with Crippen LogP contribution in [-0.2, 0) is 9.59 Å². The Morgan fingerprint density at radius 1 is 1.04 bits per heavy atom. The summed E-state index contributed by atoms with van der Waals surface area (Å²) in [6.45, 7) is 9.26. The molecule has 25 heavy (non-hydrogen) atoms. The molecule has 0 aliphatic heterocycles. The molecule has 0 heterocycles. The Labute approximate surface area is 150 Å². The van der Waals surface area contributed by atoms with Gasteiger partial charge in [0.25, 0.3) is 5.91 Å². The van der Waals surface area contributed by atoms with E-state index in [2.05, 4.69) is 10.6 Å². The Bertz CT molecular complexity index is 626. The van der Waals surface area contributed by atoms with Crippen LogP contribution in [0.3, 0.4) is 0 Å². The number of likely N-dealkylation sites (N-methyl/N-ethyl adjacent to an activating group) is 1. The second-order valence-corrected chi connectivity index (χ2v) is 6.93. The lowest BCUT2D eigenvalue weighted by molar-refractivity contribution is -0.137. The lowest BCUT2D eigenvalue weighted by Crippen LogP contribution is -2.52. The molecule has 0 aliphatic carbocycles. The van der Waals surface area contributed by atoms with Crippen molar-refractivity contribution in [3.8, 4) is 0 Å². The molecule has 2 N–H and O–H groups in total. The summed E-state index contributed by atoms with van der Waals surface area (Å²) in [7, 11) is 1.57. The first kappa shape index (κ1) is 20.7. The Kier molecular flexibility index (Phi) is 7.61. The van der Waals surface area contributed by atoms with Crippen LogP contribution in [-0.4, -0.2) is 48.3 Å². The molecule has 0 radical (unpaired) electrons. The van der Waals surface area contributed by atoms with Crippen molar-refractivity contribution in [2.75, 3.05) is 13.6 Å². The maximum atomic E-state index is 12.7. The minimum Gasteiger partial charge on any atom is -0.352 e. The lowest BCUT2D eigenvalue weighted by Gasteiger charge is -2.27. The molecule has 0 fully saturated rings. The smallest absolute Gasteiger partial charge is 0.252 e. The number of hydrogen-bond donors (Lipinski definition) is 2. The van der Waals surface area contributed by atoms with Gasteiger partial charge in [-0.2, -0.15) is 0 Å². The molecule has 1 atom stereocenters. The molecule has 0 saturated carbocycles. The zero-order chi connectivity index (χ0) is 19.1. The largest absolute Gasteiger partial charge is 0.352 e. The fourth-order valence-electron chi connectivity index (χ4n) is 2.46. The fourth-order valence-corrected chi connectivity index (χ4v) is 2.46. The minimum absolute atomic E-state index is 0.0117. The van der Waals surface area contributed by atoms with Crippen LogP contribution in [0.15, 0.2) is 24.3 Å². The first-order chi connectivity index (χ1) is 11.6. The van der Waals surface area contributed by atoms with Gasteiger partial charge >= 0.3 is 0 Å². The molecule has 1 aromatic rings. The molecular weight excluding hydrogens is 318 g/mol. The zero-order valence-corrected chi connectivity index (χ0v) is 15.9. The normalized spacial score (nSPS) is 12.0. The molecule has 3 amide bonds. The Balaban J connectivity index is 2.82. The van der Waals surface area contributed by atoms with E-state index in [1.165, 1.54) is 4.90 Å². The van der Waals surface area contributed by atoms with Gasteiger partial charge in [0.1, 0.15) is 6.04 Å². The van der Waals surface area contributed by atoms with Crippen molar-refractivity contribution in [3.63, 3.8) is 0 Å². The molecule has 1 unspecified atom stereocenters. The SMILES string of the molecule is Cc1ccccc1C(=O)NC(C(=O)N(C)CC(=O)NC(C)C)C(C)C. The molecule has 1 aromatic carbocycles. The van der Waals surface area contributed by atoms with Crippen LogP contribution < -0.4 is 10.6 Å². The third-order valence-corrected chi connectivity index (χ3v) is 3.82. The number of amides is 3. The number of aryl methyl sites for hydroxylation is 1. The summed E-state index contributed by atoms with van der Waals surface area (Å²) in [5, 5.41) is 5.56. The molecule has 0 spiro atoms. The van der Waals surface area contributed by atoms with E-state index in [4.69, 9.17) is 0 Å². The first-order valence-corrected chi connectivity index (χ1v) is 8.54. The molecule has 6 nitrogen and oxygen atoms in total. The monoisotopic (exact) mass is 347 g/mol. The van der Waals surface area contributed by atoms with Gasteiger partial charge in [-0.05, 0) is 38.3 Å². The van der Waals surface area contributed by atoms with Crippen LogP contribution in [0.1, 0.15) is 43.6 Å². The molecule has 0 bridgehead atoms. The average Bonchev–Trinajstić information content (AvgIpc) is 2.50. The summed E-state index contributed by atoms with van der Waals surface area (Å²) in [4.78, 5) is 38.4. The third kappa shape index (κ3) is 6.21. The van der Waals surface area contributed by atoms with Crippen LogP contribution in [0.5, 0.6) is 0 Å². The van der Waals surface area contributed by atoms with E-state index in [1.807, 2.05) is 46.8 Å². The highest BCUT2D eigenvalue weighted by atomic mass is 16.2. The van der Waals surface area contributed by atoms with Gasteiger partial charge in [-0.25, -0.2) is 0 Å². The second-order valence-electron chi connectivity index (χ2n) is 6.93. The van der Waals surface area contributed by atoms with Gasteiger partial charge in [0.15, 0.2) is 0 Å². The topological polar surface area (TPSA) is 78.5 Å². The molecular formula is C19H29N3O3. The Morgan fingerprint density at radius 3 is 2.16 bits per heavy atom. The Hall–Kier alpha value is -2.37. The quantitative estimate of drug-likeness (QED) is 0.788. The van der Waals surface area contributed by atoms with E-state index in [0.717, 1.165) is 5.56 Å². The van der Waals surface area contributed by atoms with Crippen LogP contribution >= 0.6 is 0 Å². The van der Waals surface area contributed by atoms with E-state index in [1.54, 1.807) is 19.2 Å². The standard InChI is InChI=1S/C19H29N3O3/c1-12(2)17(19(25)22(6)11-16(23)20-13(3)4)21-18(24)15-10-8-7-9-14(15)5/h7-10,12-13,17H,11H2,1-6H3,(H,20,23)(H,21,24). The van der Waals surface area contributed by atoms with Gasteiger partial charge in [0.2, 0.25) is 11.8 Å². The van der Waals surface area contributed by atoms with Gasteiger partial charge in [-0.1, -0.05) is 32.0 Å². The summed E-state index contributed by atoms with van der Waals surface area (Å²) < 4.78 is 0. The number of carbonyl (C=O) groups is 3. The highest BCUT2D eigenvalue weighted by Gasteiger charge is 2.28. The summed E-state index contributed by atoms with van der Waals surface area (Å²) in [6.07, 6.45) is 0. The first-order valence-electron chi connectivity index (χ1n) is 8.54. The van der Waals surface area contributed by atoms with Crippen LogP contribution in [0.2, 0.25) is 0 Å². The predicted molar refractivity (Wildman–Crippen MR) is 98.2 cm³/mol. The number of carbonyl (C=O) groups excluding carboxylic acids is 3.